The Hall–Kier alpha value is -1.79. The molecule has 2 bridgehead atoms. The van der Waals surface area contributed by atoms with Gasteiger partial charge in [0.1, 0.15) is 0 Å². The van der Waals surface area contributed by atoms with Crippen LogP contribution in [0, 0.1) is 11.8 Å². The summed E-state index contributed by atoms with van der Waals surface area (Å²) in [4.78, 5) is 17.3. The first-order chi connectivity index (χ1) is 13.2. The molecule has 4 atom stereocenters. The van der Waals surface area contributed by atoms with E-state index in [9.17, 15) is 9.90 Å². The first-order valence-corrected chi connectivity index (χ1v) is 10.1. The van der Waals surface area contributed by atoms with E-state index in [0.717, 1.165) is 26.1 Å². The number of aliphatic hydroxyl groups excluding tert-OH is 1. The van der Waals surface area contributed by atoms with Crippen LogP contribution in [0.5, 0.6) is 11.5 Å². The van der Waals surface area contributed by atoms with Gasteiger partial charge in [0.25, 0.3) is 5.91 Å². The number of piperidine rings is 3. The van der Waals surface area contributed by atoms with E-state index >= 15 is 0 Å². The molecule has 1 amide bonds. The Bertz CT molecular complexity index is 653. The van der Waals surface area contributed by atoms with Gasteiger partial charge in [-0.25, -0.2) is 0 Å². The van der Waals surface area contributed by atoms with Crippen LogP contribution in [-0.2, 0) is 4.79 Å². The van der Waals surface area contributed by atoms with Crippen LogP contribution in [0.3, 0.4) is 0 Å². The molecule has 148 valence electrons. The number of benzene rings is 1. The lowest BCUT2D eigenvalue weighted by molar-refractivity contribution is -0.144. The number of fused-ring (bicyclic) bond motifs is 4. The van der Waals surface area contributed by atoms with Gasteiger partial charge >= 0.3 is 0 Å². The molecule has 0 saturated carbocycles. The summed E-state index contributed by atoms with van der Waals surface area (Å²) in [6.07, 6.45) is 4.80. The van der Waals surface area contributed by atoms with Gasteiger partial charge in [-0.3, -0.25) is 9.69 Å². The van der Waals surface area contributed by atoms with Crippen molar-refractivity contribution in [2.24, 2.45) is 11.8 Å². The van der Waals surface area contributed by atoms with E-state index < -0.39 is 0 Å². The fraction of sp³-hybridized carbons (Fsp3) is 0.667. The van der Waals surface area contributed by atoms with Crippen molar-refractivity contribution in [1.82, 2.24) is 9.80 Å². The first kappa shape index (κ1) is 18.6. The van der Waals surface area contributed by atoms with Crippen molar-refractivity contribution in [2.75, 3.05) is 40.0 Å². The number of rotatable bonds is 5. The van der Waals surface area contributed by atoms with Crippen molar-refractivity contribution >= 4 is 5.91 Å². The Morgan fingerprint density at radius 3 is 2.74 bits per heavy atom. The molecule has 3 aliphatic rings. The molecule has 1 aromatic carbocycles. The molecule has 0 unspecified atom stereocenters. The SMILES string of the molecule is COc1ccccc1OCC(=O)N1C[C@H]2C[C@@H](C1)[C@H](CO)N1CCCC[C@@H]21. The van der Waals surface area contributed by atoms with Crippen LogP contribution < -0.4 is 9.47 Å². The second-order valence-corrected chi connectivity index (χ2v) is 8.04. The normalized spacial score (nSPS) is 30.5. The minimum absolute atomic E-state index is 0.0246. The number of hydrogen-bond acceptors (Lipinski definition) is 5. The topological polar surface area (TPSA) is 62.2 Å². The molecule has 27 heavy (non-hydrogen) atoms. The number of methoxy groups -OCH3 is 1. The van der Waals surface area contributed by atoms with Gasteiger partial charge in [0.05, 0.1) is 13.7 Å². The molecule has 3 fully saturated rings. The number of ether oxygens (including phenoxy) is 2. The van der Waals surface area contributed by atoms with Gasteiger partial charge in [-0.2, -0.15) is 0 Å². The Labute approximate surface area is 161 Å². The van der Waals surface area contributed by atoms with Crippen LogP contribution >= 0.6 is 0 Å². The van der Waals surface area contributed by atoms with Gasteiger partial charge in [0, 0.05) is 25.2 Å². The Balaban J connectivity index is 1.42. The Kier molecular flexibility index (Phi) is 5.55. The van der Waals surface area contributed by atoms with Crippen LogP contribution in [-0.4, -0.2) is 72.9 Å². The zero-order valence-corrected chi connectivity index (χ0v) is 16.0. The number of nitrogens with zero attached hydrogens (tertiary/aromatic N) is 2. The number of aliphatic hydroxyl groups is 1. The first-order valence-electron chi connectivity index (χ1n) is 10.1. The third-order valence-electron chi connectivity index (χ3n) is 6.58. The summed E-state index contributed by atoms with van der Waals surface area (Å²) >= 11 is 0. The van der Waals surface area contributed by atoms with E-state index in [1.807, 2.05) is 29.2 Å². The van der Waals surface area contributed by atoms with Crippen molar-refractivity contribution in [3.63, 3.8) is 0 Å². The zero-order valence-electron chi connectivity index (χ0n) is 16.0. The number of carbonyl (C=O) groups is 1. The van der Waals surface area contributed by atoms with Crippen LogP contribution in [0.1, 0.15) is 25.7 Å². The highest BCUT2D eigenvalue weighted by Crippen LogP contribution is 2.41. The summed E-state index contributed by atoms with van der Waals surface area (Å²) in [6.45, 7) is 2.84. The molecular formula is C21H30N2O4. The summed E-state index contributed by atoms with van der Waals surface area (Å²) in [5.41, 5.74) is 0. The van der Waals surface area contributed by atoms with Crippen LogP contribution in [0.15, 0.2) is 24.3 Å². The standard InChI is InChI=1S/C21H30N2O4/c1-26-19-7-2-3-8-20(19)27-14-21(25)22-11-15-10-16(12-22)18(13-24)23-9-5-4-6-17(15)23/h2-3,7-8,15-18,24H,4-6,9-14H2,1H3/t15-,16+,17+,18+/m1/s1. The molecule has 3 aliphatic heterocycles. The fourth-order valence-electron chi connectivity index (χ4n) is 5.33. The van der Waals surface area contributed by atoms with Gasteiger partial charge in [-0.15, -0.1) is 0 Å². The summed E-state index contributed by atoms with van der Waals surface area (Å²) < 4.78 is 11.0. The molecule has 3 heterocycles. The second kappa shape index (κ2) is 8.07. The maximum Gasteiger partial charge on any atom is 0.260 e. The van der Waals surface area contributed by atoms with Crippen LogP contribution in [0.25, 0.3) is 0 Å². The third-order valence-corrected chi connectivity index (χ3v) is 6.58. The minimum Gasteiger partial charge on any atom is -0.493 e. The van der Waals surface area contributed by atoms with Gasteiger partial charge in [0.15, 0.2) is 18.1 Å². The predicted molar refractivity (Wildman–Crippen MR) is 102 cm³/mol. The lowest BCUT2D eigenvalue weighted by Crippen LogP contribution is -2.65. The summed E-state index contributed by atoms with van der Waals surface area (Å²) in [6, 6.07) is 8.10. The lowest BCUT2D eigenvalue weighted by Gasteiger charge is -2.56. The van der Waals surface area contributed by atoms with Crippen LogP contribution in [0.4, 0.5) is 0 Å². The molecule has 0 aromatic heterocycles. The smallest absolute Gasteiger partial charge is 0.260 e. The number of para-hydroxylation sites is 2. The quantitative estimate of drug-likeness (QED) is 0.851. The number of likely N-dealkylation sites (tertiary alicyclic amines) is 1. The van der Waals surface area contributed by atoms with Crippen molar-refractivity contribution in [2.45, 2.75) is 37.8 Å². The minimum atomic E-state index is 0.0246. The van der Waals surface area contributed by atoms with Crippen molar-refractivity contribution in [1.29, 1.82) is 0 Å². The maximum atomic E-state index is 12.8. The van der Waals surface area contributed by atoms with Crippen molar-refractivity contribution in [3.05, 3.63) is 24.3 Å². The molecule has 6 nitrogen and oxygen atoms in total. The van der Waals surface area contributed by atoms with E-state index in [0.29, 0.717) is 29.4 Å². The number of carbonyl (C=O) groups excluding carboxylic acids is 1. The van der Waals surface area contributed by atoms with Gasteiger partial charge in [-0.1, -0.05) is 18.6 Å². The third kappa shape index (κ3) is 3.65. The Morgan fingerprint density at radius 1 is 1.19 bits per heavy atom. The summed E-state index contributed by atoms with van der Waals surface area (Å²) in [5, 5.41) is 9.99. The fourth-order valence-corrected chi connectivity index (χ4v) is 5.33. The van der Waals surface area contributed by atoms with E-state index in [2.05, 4.69) is 4.90 Å². The molecule has 0 radical (unpaired) electrons. The highest BCUT2D eigenvalue weighted by atomic mass is 16.5. The molecule has 0 spiro atoms. The van der Waals surface area contributed by atoms with Gasteiger partial charge in [0.2, 0.25) is 0 Å². The average Bonchev–Trinajstić information content (AvgIpc) is 2.72. The largest absolute Gasteiger partial charge is 0.493 e. The molecule has 0 aliphatic carbocycles. The predicted octanol–water partition coefficient (Wildman–Crippen LogP) is 1.77. The maximum absolute atomic E-state index is 12.8. The van der Waals surface area contributed by atoms with Crippen molar-refractivity contribution in [3.8, 4) is 11.5 Å². The van der Waals surface area contributed by atoms with Gasteiger partial charge in [-0.05, 0) is 49.8 Å². The molecule has 1 aromatic rings. The average molecular weight is 374 g/mol. The highest BCUT2D eigenvalue weighted by molar-refractivity contribution is 5.78. The molecule has 4 rings (SSSR count). The van der Waals surface area contributed by atoms with Crippen molar-refractivity contribution < 1.29 is 19.4 Å². The zero-order chi connectivity index (χ0) is 18.8. The Morgan fingerprint density at radius 2 is 1.96 bits per heavy atom. The lowest BCUT2D eigenvalue weighted by atomic mass is 9.72. The van der Waals surface area contributed by atoms with Crippen LogP contribution in [0.2, 0.25) is 0 Å². The van der Waals surface area contributed by atoms with E-state index in [-0.39, 0.29) is 25.2 Å². The number of amides is 1. The molecule has 1 N–H and O–H groups in total. The summed E-state index contributed by atoms with van der Waals surface area (Å²) in [7, 11) is 1.60. The molecule has 6 heteroatoms. The number of hydrogen-bond donors (Lipinski definition) is 1. The van der Waals surface area contributed by atoms with Gasteiger partial charge < -0.3 is 19.5 Å². The molecule has 3 saturated heterocycles. The van der Waals surface area contributed by atoms with E-state index in [4.69, 9.17) is 9.47 Å². The monoisotopic (exact) mass is 374 g/mol. The van der Waals surface area contributed by atoms with E-state index in [1.54, 1.807) is 7.11 Å². The van der Waals surface area contributed by atoms with E-state index in [1.165, 1.54) is 19.3 Å². The highest BCUT2D eigenvalue weighted by Gasteiger charge is 2.47. The summed E-state index contributed by atoms with van der Waals surface area (Å²) in [5.74, 6) is 2.13. The molecular weight excluding hydrogens is 344 g/mol. The second-order valence-electron chi connectivity index (χ2n) is 8.04.